The van der Waals surface area contributed by atoms with Crippen molar-refractivity contribution < 1.29 is 14.7 Å². The minimum atomic E-state index is -0.670. The van der Waals surface area contributed by atoms with Gasteiger partial charge in [0.05, 0.1) is 11.6 Å². The number of aromatic nitrogens is 1. The molecule has 1 aliphatic heterocycles. The molecule has 6 nitrogen and oxygen atoms in total. The first kappa shape index (κ1) is 19.3. The zero-order chi connectivity index (χ0) is 19.6. The number of likely N-dealkylation sites (tertiary alicyclic amines) is 1. The van der Waals surface area contributed by atoms with E-state index in [1.165, 1.54) is 4.90 Å². The highest BCUT2D eigenvalue weighted by atomic mass is 79.9. The number of amides is 1. The number of carbonyl (C=O) groups is 2. The molecule has 0 bridgehead atoms. The van der Waals surface area contributed by atoms with Gasteiger partial charge in [0.1, 0.15) is 5.76 Å². The summed E-state index contributed by atoms with van der Waals surface area (Å²) in [7, 11) is 3.81. The van der Waals surface area contributed by atoms with Crippen molar-refractivity contribution in [2.75, 3.05) is 27.2 Å². The van der Waals surface area contributed by atoms with Crippen LogP contribution in [0, 0.1) is 0 Å². The van der Waals surface area contributed by atoms with E-state index in [9.17, 15) is 14.7 Å². The number of rotatable bonds is 5. The zero-order valence-corrected chi connectivity index (χ0v) is 16.7. The number of carbonyl (C=O) groups excluding carboxylic acids is 2. The normalized spacial score (nSPS) is 19.1. The summed E-state index contributed by atoms with van der Waals surface area (Å²) in [5, 5.41) is 10.9. The Balaban J connectivity index is 2.12. The Morgan fingerprint density at radius 2 is 1.78 bits per heavy atom. The van der Waals surface area contributed by atoms with E-state index in [4.69, 9.17) is 0 Å². The molecule has 3 rings (SSSR count). The number of hydrogen-bond acceptors (Lipinski definition) is 5. The number of ketones is 1. The summed E-state index contributed by atoms with van der Waals surface area (Å²) in [4.78, 5) is 32.9. The summed E-state index contributed by atoms with van der Waals surface area (Å²) in [5.74, 6) is -1.44. The predicted molar refractivity (Wildman–Crippen MR) is 106 cm³/mol. The molecule has 0 radical (unpaired) electrons. The monoisotopic (exact) mass is 429 g/mol. The quantitative estimate of drug-likeness (QED) is 0.449. The number of Topliss-reactive ketones (excluding diaryl/α,β-unsaturated/α-hetero) is 1. The summed E-state index contributed by atoms with van der Waals surface area (Å²) >= 11 is 3.35. The molecule has 2 aromatic rings. The molecule has 7 heteroatoms. The van der Waals surface area contributed by atoms with Gasteiger partial charge in [0.15, 0.2) is 0 Å². The van der Waals surface area contributed by atoms with E-state index in [1.54, 1.807) is 48.8 Å². The number of aliphatic hydroxyl groups is 1. The van der Waals surface area contributed by atoms with Crippen LogP contribution in [0.25, 0.3) is 5.76 Å². The van der Waals surface area contributed by atoms with Crippen molar-refractivity contribution in [2.45, 2.75) is 6.04 Å². The number of halogens is 1. The highest BCUT2D eigenvalue weighted by Gasteiger charge is 2.45. The van der Waals surface area contributed by atoms with Crippen LogP contribution >= 0.6 is 15.9 Å². The van der Waals surface area contributed by atoms with Gasteiger partial charge in [-0.05, 0) is 43.9 Å². The molecule has 0 spiro atoms. The van der Waals surface area contributed by atoms with Gasteiger partial charge in [-0.1, -0.05) is 28.1 Å². The average molecular weight is 430 g/mol. The third kappa shape index (κ3) is 3.94. The van der Waals surface area contributed by atoms with Crippen LogP contribution in [0.4, 0.5) is 0 Å². The lowest BCUT2D eigenvalue weighted by atomic mass is 9.96. The van der Waals surface area contributed by atoms with E-state index in [1.807, 2.05) is 19.0 Å². The Morgan fingerprint density at radius 1 is 1.15 bits per heavy atom. The lowest BCUT2D eigenvalue weighted by molar-refractivity contribution is -0.140. The van der Waals surface area contributed by atoms with Crippen molar-refractivity contribution in [3.63, 3.8) is 0 Å². The minimum Gasteiger partial charge on any atom is -0.507 e. The van der Waals surface area contributed by atoms with E-state index in [0.717, 1.165) is 10.0 Å². The average Bonchev–Trinajstić information content (AvgIpc) is 2.91. The number of likely N-dealkylation sites (N-methyl/N-ethyl adjacent to an activating group) is 1. The van der Waals surface area contributed by atoms with Gasteiger partial charge in [-0.15, -0.1) is 0 Å². The van der Waals surface area contributed by atoms with Crippen LogP contribution in [0.15, 0.2) is 58.8 Å². The maximum Gasteiger partial charge on any atom is 0.295 e. The van der Waals surface area contributed by atoms with Crippen LogP contribution in [0.5, 0.6) is 0 Å². The summed E-state index contributed by atoms with van der Waals surface area (Å²) in [5.41, 5.74) is 1.33. The van der Waals surface area contributed by atoms with Crippen molar-refractivity contribution in [3.8, 4) is 0 Å². The summed E-state index contributed by atoms with van der Waals surface area (Å²) < 4.78 is 0.858. The van der Waals surface area contributed by atoms with Crippen LogP contribution in [0.1, 0.15) is 17.2 Å². The van der Waals surface area contributed by atoms with E-state index in [0.29, 0.717) is 18.7 Å². The van der Waals surface area contributed by atoms with Crippen LogP contribution in [0.2, 0.25) is 0 Å². The SMILES string of the molecule is CN(C)CCN1C(=O)C(=O)/C(=C(\O)c2ccc(Br)cc2)C1c1ccncc1. The van der Waals surface area contributed by atoms with Crippen molar-refractivity contribution in [1.82, 2.24) is 14.8 Å². The lowest BCUT2D eigenvalue weighted by Gasteiger charge is -2.26. The first-order valence-corrected chi connectivity index (χ1v) is 9.28. The molecule has 1 aliphatic rings. The fourth-order valence-corrected chi connectivity index (χ4v) is 3.34. The molecule has 27 heavy (non-hydrogen) atoms. The fraction of sp³-hybridized carbons (Fsp3) is 0.250. The van der Waals surface area contributed by atoms with Crippen molar-refractivity contribution in [1.29, 1.82) is 0 Å². The van der Waals surface area contributed by atoms with Gasteiger partial charge in [-0.25, -0.2) is 0 Å². The maximum absolute atomic E-state index is 12.8. The molecule has 1 unspecified atom stereocenters. The Hall–Kier alpha value is -2.51. The second-order valence-electron chi connectivity index (χ2n) is 6.58. The van der Waals surface area contributed by atoms with Gasteiger partial charge >= 0.3 is 0 Å². The van der Waals surface area contributed by atoms with Gasteiger partial charge in [-0.3, -0.25) is 14.6 Å². The van der Waals surface area contributed by atoms with Crippen molar-refractivity contribution in [2.24, 2.45) is 0 Å². The minimum absolute atomic E-state index is 0.104. The Bertz CT molecular complexity index is 879. The van der Waals surface area contributed by atoms with E-state index >= 15 is 0 Å². The number of hydrogen-bond donors (Lipinski definition) is 1. The molecule has 1 saturated heterocycles. The molecule has 1 fully saturated rings. The second kappa shape index (κ2) is 8.02. The van der Waals surface area contributed by atoms with Crippen LogP contribution < -0.4 is 0 Å². The first-order valence-electron chi connectivity index (χ1n) is 8.49. The fourth-order valence-electron chi connectivity index (χ4n) is 3.07. The standard InChI is InChI=1S/C20H20BrN3O3/c1-23(2)11-12-24-17(13-7-9-22-10-8-13)16(19(26)20(24)27)18(25)14-3-5-15(21)6-4-14/h3-10,17,25H,11-12H2,1-2H3/b18-16-. The number of aliphatic hydroxyl groups excluding tert-OH is 1. The molecule has 1 atom stereocenters. The predicted octanol–water partition coefficient (Wildman–Crippen LogP) is 2.83. The molecular formula is C20H20BrN3O3. The molecule has 1 aromatic carbocycles. The van der Waals surface area contributed by atoms with Crippen LogP contribution in [0.3, 0.4) is 0 Å². The number of nitrogens with zero attached hydrogens (tertiary/aromatic N) is 3. The van der Waals surface area contributed by atoms with Crippen molar-refractivity contribution in [3.05, 3.63) is 70.0 Å². The van der Waals surface area contributed by atoms with Crippen LogP contribution in [-0.2, 0) is 9.59 Å². The Kier molecular flexibility index (Phi) is 5.72. The van der Waals surface area contributed by atoms with E-state index in [-0.39, 0.29) is 11.3 Å². The van der Waals surface area contributed by atoms with Gasteiger partial charge in [0.25, 0.3) is 11.7 Å². The maximum atomic E-state index is 12.8. The number of pyridine rings is 1. The topological polar surface area (TPSA) is 73.7 Å². The molecule has 2 heterocycles. The summed E-state index contributed by atoms with van der Waals surface area (Å²) in [6, 6.07) is 9.84. The molecule has 1 aromatic heterocycles. The van der Waals surface area contributed by atoms with E-state index < -0.39 is 17.7 Å². The van der Waals surface area contributed by atoms with Gasteiger partial charge < -0.3 is 14.9 Å². The van der Waals surface area contributed by atoms with Gasteiger partial charge in [0, 0.05) is 35.5 Å². The van der Waals surface area contributed by atoms with Crippen molar-refractivity contribution >= 4 is 33.4 Å². The van der Waals surface area contributed by atoms with Gasteiger partial charge in [-0.2, -0.15) is 0 Å². The number of benzene rings is 1. The molecule has 1 N–H and O–H groups in total. The second-order valence-corrected chi connectivity index (χ2v) is 7.50. The lowest BCUT2D eigenvalue weighted by Crippen LogP contribution is -2.35. The molecular weight excluding hydrogens is 410 g/mol. The summed E-state index contributed by atoms with van der Waals surface area (Å²) in [6.45, 7) is 0.981. The Labute approximate surface area is 166 Å². The molecule has 1 amide bonds. The molecule has 0 saturated carbocycles. The first-order chi connectivity index (χ1) is 12.9. The Morgan fingerprint density at radius 3 is 2.37 bits per heavy atom. The highest BCUT2D eigenvalue weighted by Crippen LogP contribution is 2.39. The largest absolute Gasteiger partial charge is 0.507 e. The van der Waals surface area contributed by atoms with Gasteiger partial charge in [0.2, 0.25) is 0 Å². The third-order valence-corrected chi connectivity index (χ3v) is 5.00. The third-order valence-electron chi connectivity index (χ3n) is 4.47. The summed E-state index contributed by atoms with van der Waals surface area (Å²) in [6.07, 6.45) is 3.22. The zero-order valence-electron chi connectivity index (χ0n) is 15.1. The smallest absolute Gasteiger partial charge is 0.295 e. The van der Waals surface area contributed by atoms with Crippen LogP contribution in [-0.4, -0.2) is 58.8 Å². The molecule has 0 aliphatic carbocycles. The highest BCUT2D eigenvalue weighted by molar-refractivity contribution is 9.10. The molecule has 140 valence electrons. The van der Waals surface area contributed by atoms with E-state index in [2.05, 4.69) is 20.9 Å².